The van der Waals surface area contributed by atoms with Crippen LogP contribution in [0.5, 0.6) is 0 Å². The molecule has 6 aromatic rings. The molecule has 2 aromatic carbocycles. The lowest BCUT2D eigenvalue weighted by Crippen LogP contribution is -2.65. The largest absolute Gasteiger partial charge is 0.417 e. The van der Waals surface area contributed by atoms with E-state index in [2.05, 4.69) is 47.2 Å². The third kappa shape index (κ3) is 7.96. The Labute approximate surface area is 380 Å². The molecule has 2 fully saturated rings. The lowest BCUT2D eigenvalue weighted by atomic mass is 9.63. The van der Waals surface area contributed by atoms with Crippen LogP contribution in [0.4, 0.5) is 13.2 Å². The van der Waals surface area contributed by atoms with Gasteiger partial charge in [0.25, 0.3) is 11.8 Å². The van der Waals surface area contributed by atoms with Gasteiger partial charge in [0.05, 0.1) is 41.6 Å². The van der Waals surface area contributed by atoms with Crippen LogP contribution in [0, 0.1) is 0 Å². The number of nitrogens with one attached hydrogen (secondary N) is 2. The number of rotatable bonds is 8. The molecule has 4 aliphatic heterocycles. The summed E-state index contributed by atoms with van der Waals surface area (Å²) < 4.78 is 55.0. The Balaban J connectivity index is 0.834. The van der Waals surface area contributed by atoms with E-state index in [0.29, 0.717) is 57.5 Å². The zero-order valence-electron chi connectivity index (χ0n) is 36.9. The van der Waals surface area contributed by atoms with E-state index in [-0.39, 0.29) is 54.3 Å². The maximum atomic E-state index is 14.0. The molecule has 10 rings (SSSR count). The number of carbonyl (C=O) groups is 2. The van der Waals surface area contributed by atoms with Gasteiger partial charge in [0.15, 0.2) is 7.28 Å². The van der Waals surface area contributed by atoms with Crippen LogP contribution in [-0.2, 0) is 48.2 Å². The fourth-order valence-corrected chi connectivity index (χ4v) is 10.4. The summed E-state index contributed by atoms with van der Waals surface area (Å²) in [6.07, 6.45) is 1.53. The first-order chi connectivity index (χ1) is 31.7. The lowest BCUT2D eigenvalue weighted by Gasteiger charge is -2.48. The predicted molar refractivity (Wildman–Crippen MR) is 239 cm³/mol. The molecule has 4 aliphatic rings. The molecule has 18 heteroatoms. The van der Waals surface area contributed by atoms with E-state index in [1.54, 1.807) is 18.2 Å². The summed E-state index contributed by atoms with van der Waals surface area (Å²) in [7, 11) is 5.06. The Bertz CT molecular complexity index is 2870. The van der Waals surface area contributed by atoms with Gasteiger partial charge in [-0.2, -0.15) is 13.2 Å². The standard InChI is InChI=1S/C48H51BF3N8O6/c1-28(66-3)37-16-36(22-60-24-39(56-43(37)60)45(64)58-12-10-46(40(61)25-58)17-29-6-4-5-7-30(29)19-53-46)49-35-9-8-31-20-54-47(18-32(31)15-35)11-13-57(26-41(47)62)44(63)38-23-59-21-34(48(50,51)52)14-33(27-65-2)42(59)55-38/h4-9,14-16,21-24,28,40-41,53-54,61-62H,10-13,17-20,25-27H2,1-3H3. The number of nitrogens with zero attached hydrogens (tertiary/aromatic N) is 6. The van der Waals surface area contributed by atoms with E-state index >= 15 is 0 Å². The molecule has 343 valence electrons. The molecule has 4 aromatic heterocycles. The Morgan fingerprint density at radius 1 is 0.788 bits per heavy atom. The Morgan fingerprint density at radius 2 is 1.38 bits per heavy atom. The van der Waals surface area contributed by atoms with Crippen LogP contribution < -0.4 is 21.6 Å². The Kier molecular flexibility index (Phi) is 11.3. The van der Waals surface area contributed by atoms with Crippen molar-refractivity contribution >= 4 is 41.3 Å². The highest BCUT2D eigenvalue weighted by atomic mass is 19.4. The van der Waals surface area contributed by atoms with Crippen LogP contribution in [0.3, 0.4) is 0 Å². The van der Waals surface area contributed by atoms with E-state index in [0.717, 1.165) is 39.9 Å². The maximum Gasteiger partial charge on any atom is 0.417 e. The van der Waals surface area contributed by atoms with Crippen molar-refractivity contribution in [3.05, 3.63) is 130 Å². The molecule has 5 unspecified atom stereocenters. The summed E-state index contributed by atoms with van der Waals surface area (Å²) in [5, 5.41) is 30.3. The fraction of sp³-hybridized carbons (Fsp3) is 0.417. The number of amides is 2. The van der Waals surface area contributed by atoms with Crippen LogP contribution in [0.2, 0.25) is 0 Å². The smallest absolute Gasteiger partial charge is 0.389 e. The molecule has 2 amide bonds. The van der Waals surface area contributed by atoms with Gasteiger partial charge in [-0.3, -0.25) is 9.59 Å². The SMILES string of the molecule is COCc1cc(C(F)(F)F)cn2cc(C(=O)N3CCC4(Cc5cc([B]c6cc(C(C)OC)c7nc(C(=O)N8CCC9(Cc%10ccccc%10CN9)C(O)C8)cn7c6)ccc5CN4)C(O)C3)nc12. The number of fused-ring (bicyclic) bond motifs is 4. The topological polar surface area (TPSA) is 158 Å². The highest BCUT2D eigenvalue weighted by Gasteiger charge is 2.47. The van der Waals surface area contributed by atoms with Gasteiger partial charge >= 0.3 is 6.18 Å². The van der Waals surface area contributed by atoms with Crippen LogP contribution in [0.25, 0.3) is 11.3 Å². The van der Waals surface area contributed by atoms with E-state index in [1.807, 2.05) is 41.8 Å². The van der Waals surface area contributed by atoms with Crippen molar-refractivity contribution in [2.45, 2.75) is 87.9 Å². The van der Waals surface area contributed by atoms with Crippen molar-refractivity contribution in [2.24, 2.45) is 0 Å². The summed E-state index contributed by atoms with van der Waals surface area (Å²) >= 11 is 0. The molecule has 5 atom stereocenters. The molecule has 66 heavy (non-hydrogen) atoms. The number of hydrogen-bond donors (Lipinski definition) is 4. The molecule has 0 bridgehead atoms. The lowest BCUT2D eigenvalue weighted by molar-refractivity contribution is -0.138. The van der Waals surface area contributed by atoms with Crippen LogP contribution in [0.1, 0.15) is 85.8 Å². The summed E-state index contributed by atoms with van der Waals surface area (Å²) in [6.45, 7) is 4.01. The van der Waals surface area contributed by atoms with Gasteiger partial charge in [-0.25, -0.2) is 9.97 Å². The number of aromatic nitrogens is 4. The molecular weight excluding hydrogens is 852 g/mol. The predicted octanol–water partition coefficient (Wildman–Crippen LogP) is 3.09. The Morgan fingerprint density at radius 3 is 1.98 bits per heavy atom. The van der Waals surface area contributed by atoms with E-state index < -0.39 is 40.9 Å². The highest BCUT2D eigenvalue weighted by molar-refractivity contribution is 6.67. The first-order valence-corrected chi connectivity index (χ1v) is 22.3. The second-order valence-electron chi connectivity index (χ2n) is 18.4. The van der Waals surface area contributed by atoms with E-state index in [1.165, 1.54) is 33.7 Å². The number of alkyl halides is 3. The zero-order chi connectivity index (χ0) is 46.1. The number of benzene rings is 2. The van der Waals surface area contributed by atoms with Gasteiger partial charge < -0.3 is 48.9 Å². The second-order valence-corrected chi connectivity index (χ2v) is 18.4. The normalized spacial score (nSPS) is 23.6. The number of piperidine rings is 2. The number of methoxy groups -OCH3 is 2. The van der Waals surface area contributed by atoms with Crippen molar-refractivity contribution in [3.63, 3.8) is 0 Å². The van der Waals surface area contributed by atoms with Crippen molar-refractivity contribution < 1.29 is 42.4 Å². The van der Waals surface area contributed by atoms with E-state index in [9.17, 15) is 33.0 Å². The number of hydrogen-bond acceptors (Lipinski definition) is 10. The molecular formula is C48H51BF3N8O6. The number of β-amino-alcohol motifs (C(OH)–C–C–N with tert-alkyl or cyclic N) is 2. The minimum absolute atomic E-state index is 0.0147. The number of imidazole rings is 2. The van der Waals surface area contributed by atoms with Gasteiger partial charge in [0.2, 0.25) is 0 Å². The first kappa shape index (κ1) is 44.2. The zero-order valence-corrected chi connectivity index (χ0v) is 36.9. The van der Waals surface area contributed by atoms with Gasteiger partial charge in [0, 0.05) is 89.4 Å². The third-order valence-corrected chi connectivity index (χ3v) is 14.3. The summed E-state index contributed by atoms with van der Waals surface area (Å²) in [5.41, 5.74) is 6.42. The maximum absolute atomic E-state index is 14.0. The minimum Gasteiger partial charge on any atom is -0.389 e. The van der Waals surface area contributed by atoms with Gasteiger partial charge in [-0.1, -0.05) is 59.5 Å². The second kappa shape index (κ2) is 16.9. The van der Waals surface area contributed by atoms with Gasteiger partial charge in [-0.05, 0) is 60.9 Å². The molecule has 2 saturated heterocycles. The summed E-state index contributed by atoms with van der Waals surface area (Å²) in [4.78, 5) is 40.2. The van der Waals surface area contributed by atoms with Crippen molar-refractivity contribution in [3.8, 4) is 0 Å². The molecule has 14 nitrogen and oxygen atoms in total. The number of ether oxygens (including phenoxy) is 2. The molecule has 1 radical (unpaired) electrons. The Hall–Kier alpha value is -5.63. The summed E-state index contributed by atoms with van der Waals surface area (Å²) in [6, 6.07) is 17.5. The average Bonchev–Trinajstić information content (AvgIpc) is 3.95. The van der Waals surface area contributed by atoms with Crippen molar-refractivity contribution in [2.75, 3.05) is 40.4 Å². The third-order valence-electron chi connectivity index (χ3n) is 14.3. The van der Waals surface area contributed by atoms with Gasteiger partial charge in [0.1, 0.15) is 22.7 Å². The average molecular weight is 904 g/mol. The van der Waals surface area contributed by atoms with Crippen LogP contribution in [-0.4, -0.2) is 122 Å². The number of aliphatic hydroxyl groups is 2. The van der Waals surface area contributed by atoms with Gasteiger partial charge in [-0.15, -0.1) is 0 Å². The summed E-state index contributed by atoms with van der Waals surface area (Å²) in [5.74, 6) is -0.719. The van der Waals surface area contributed by atoms with Crippen molar-refractivity contribution in [1.29, 1.82) is 0 Å². The fourth-order valence-electron chi connectivity index (χ4n) is 10.4. The number of aliphatic hydroxyl groups excluding tert-OH is 2. The van der Waals surface area contributed by atoms with Crippen molar-refractivity contribution in [1.82, 2.24) is 39.2 Å². The highest BCUT2D eigenvalue weighted by Crippen LogP contribution is 2.35. The van der Waals surface area contributed by atoms with E-state index in [4.69, 9.17) is 14.5 Å². The van der Waals surface area contributed by atoms with Crippen LogP contribution >= 0.6 is 0 Å². The first-order valence-electron chi connectivity index (χ1n) is 22.3. The minimum atomic E-state index is -4.60. The molecule has 0 aliphatic carbocycles. The molecule has 4 N–H and O–H groups in total. The number of carbonyl (C=O) groups excluding carboxylic acids is 2. The molecule has 0 saturated carbocycles. The van der Waals surface area contributed by atoms with Crippen LogP contribution in [0.15, 0.2) is 79.4 Å². The quantitative estimate of drug-likeness (QED) is 0.168. The molecule has 2 spiro atoms. The number of likely N-dealkylation sites (tertiary alicyclic amines) is 2. The number of pyridine rings is 2. The monoisotopic (exact) mass is 903 g/mol. The molecule has 8 heterocycles. The number of halogens is 3.